The Hall–Kier alpha value is -4.37. The van der Waals surface area contributed by atoms with E-state index < -0.39 is 45.9 Å². The first-order valence-electron chi connectivity index (χ1n) is 17.3. The van der Waals surface area contributed by atoms with Gasteiger partial charge < -0.3 is 29.4 Å². The minimum Gasteiger partial charge on any atom is -0.477 e. The maximum absolute atomic E-state index is 14.1. The van der Waals surface area contributed by atoms with Crippen LogP contribution in [0.3, 0.4) is 0 Å². The molecule has 0 aliphatic carbocycles. The number of carbonyl (C=O) groups excluding carboxylic acids is 2. The van der Waals surface area contributed by atoms with Crippen molar-refractivity contribution in [3.05, 3.63) is 71.6 Å². The molecule has 6 aliphatic heterocycles. The number of benzene rings is 2. The summed E-state index contributed by atoms with van der Waals surface area (Å²) in [4.78, 5) is 43.8. The maximum atomic E-state index is 14.1. The van der Waals surface area contributed by atoms with Gasteiger partial charge in [-0.2, -0.15) is 0 Å². The molecule has 7 heterocycles. The molecule has 0 unspecified atom stereocenters. The lowest BCUT2D eigenvalue weighted by atomic mass is 9.78. The zero-order valence-corrected chi connectivity index (χ0v) is 29.0. The summed E-state index contributed by atoms with van der Waals surface area (Å²) < 4.78 is 31.2. The highest BCUT2D eigenvalue weighted by Gasteiger charge is 2.60. The number of aliphatic hydroxyl groups excluding tert-OH is 1. The summed E-state index contributed by atoms with van der Waals surface area (Å²) in [6.07, 6.45) is 1.49. The van der Waals surface area contributed by atoms with E-state index in [0.717, 1.165) is 72.1 Å². The second-order valence-electron chi connectivity index (χ2n) is 14.8. The summed E-state index contributed by atoms with van der Waals surface area (Å²) in [6.45, 7) is 10.2. The van der Waals surface area contributed by atoms with Gasteiger partial charge in [0.25, 0.3) is 15.9 Å². The van der Waals surface area contributed by atoms with Crippen LogP contribution in [-0.4, -0.2) is 126 Å². The molecule has 1 aromatic heterocycles. The van der Waals surface area contributed by atoms with Crippen molar-refractivity contribution in [3.63, 3.8) is 0 Å². The highest BCUT2D eigenvalue weighted by atomic mass is 32.2. The van der Waals surface area contributed by atoms with Crippen molar-refractivity contribution in [1.82, 2.24) is 9.88 Å². The van der Waals surface area contributed by atoms with Gasteiger partial charge in [0.05, 0.1) is 41.7 Å². The number of rotatable bonds is 10. The Balaban J connectivity index is 1.00. The number of carboxylic acid groups (broad SMARTS) is 1. The SMILES string of the molecule is C[C@@H](O)[C@H]1C(=O)N2C(C(=O)O)=C(CN3c4cccc5c(CC[N+]67CC[N+](CC(=O)Nc8ccccn8)(CC6)CC7)ccc(c45)S3(=O)=O)[C@H](C)[C@H]12. The number of amides is 2. The molecular weight excluding hydrogens is 660 g/mol. The number of pyridine rings is 1. The van der Waals surface area contributed by atoms with Gasteiger partial charge in [-0.25, -0.2) is 18.2 Å². The molecule has 2 bridgehead atoms. The molecule has 2 aromatic carbocycles. The summed E-state index contributed by atoms with van der Waals surface area (Å²) in [7, 11) is -4.00. The second-order valence-corrected chi connectivity index (χ2v) is 16.6. The Labute approximate surface area is 290 Å². The Bertz CT molecular complexity index is 2060. The fraction of sp³-hybridized carbons (Fsp3) is 0.444. The minimum atomic E-state index is -4.00. The van der Waals surface area contributed by atoms with E-state index in [4.69, 9.17) is 0 Å². The van der Waals surface area contributed by atoms with Crippen LogP contribution in [-0.2, 0) is 30.8 Å². The highest BCUT2D eigenvalue weighted by molar-refractivity contribution is 7.93. The van der Waals surface area contributed by atoms with Crippen LogP contribution in [0.15, 0.2) is 70.9 Å². The van der Waals surface area contributed by atoms with Crippen LogP contribution >= 0.6 is 0 Å². The minimum absolute atomic E-state index is 0.0114. The fourth-order valence-electron chi connectivity index (χ4n) is 9.28. The fourth-order valence-corrected chi connectivity index (χ4v) is 11.0. The Morgan fingerprint density at radius 1 is 1.02 bits per heavy atom. The van der Waals surface area contributed by atoms with Gasteiger partial charge in [0.1, 0.15) is 50.8 Å². The third-order valence-electron chi connectivity index (χ3n) is 12.2. The predicted molar refractivity (Wildman–Crippen MR) is 184 cm³/mol. The largest absolute Gasteiger partial charge is 0.477 e. The Morgan fingerprint density at radius 3 is 2.40 bits per heavy atom. The van der Waals surface area contributed by atoms with E-state index in [1.54, 1.807) is 31.3 Å². The van der Waals surface area contributed by atoms with Gasteiger partial charge in [-0.05, 0) is 47.7 Å². The van der Waals surface area contributed by atoms with Crippen LogP contribution in [0.2, 0.25) is 0 Å². The van der Waals surface area contributed by atoms with Crippen molar-refractivity contribution >= 4 is 50.1 Å². The lowest BCUT2D eigenvalue weighted by Gasteiger charge is -2.55. The lowest BCUT2D eigenvalue weighted by Crippen LogP contribution is -2.76. The molecule has 262 valence electrons. The lowest BCUT2D eigenvalue weighted by molar-refractivity contribution is -1.08. The molecule has 13 nitrogen and oxygen atoms in total. The molecule has 2 amide bonds. The third-order valence-corrected chi connectivity index (χ3v) is 14.0. The summed E-state index contributed by atoms with van der Waals surface area (Å²) >= 11 is 0. The van der Waals surface area contributed by atoms with E-state index in [1.807, 2.05) is 30.3 Å². The molecule has 4 saturated heterocycles. The molecule has 0 radical (unpaired) electrons. The molecule has 50 heavy (non-hydrogen) atoms. The van der Waals surface area contributed by atoms with Gasteiger partial charge in [0.15, 0.2) is 6.54 Å². The summed E-state index contributed by atoms with van der Waals surface area (Å²) in [6, 6.07) is 14.1. The molecule has 0 saturated carbocycles. The van der Waals surface area contributed by atoms with Crippen molar-refractivity contribution in [2.45, 2.75) is 37.3 Å². The number of β-lactam (4-membered cyclic amide) rings is 1. The average Bonchev–Trinajstić information content (AvgIpc) is 3.46. The Kier molecular flexibility index (Phi) is 7.60. The average molecular weight is 703 g/mol. The van der Waals surface area contributed by atoms with Crippen LogP contribution in [0, 0.1) is 11.8 Å². The number of nitrogens with one attached hydrogen (secondary N) is 1. The number of anilines is 2. The third kappa shape index (κ3) is 4.94. The monoisotopic (exact) mass is 702 g/mol. The molecule has 3 N–H and O–H groups in total. The van der Waals surface area contributed by atoms with Gasteiger partial charge in [-0.3, -0.25) is 13.9 Å². The van der Waals surface area contributed by atoms with Gasteiger partial charge >= 0.3 is 5.97 Å². The molecule has 14 heteroatoms. The van der Waals surface area contributed by atoms with Crippen molar-refractivity contribution in [2.75, 3.05) is 68.5 Å². The molecule has 6 aliphatic rings. The number of hydrogen-bond acceptors (Lipinski definition) is 7. The molecule has 4 fully saturated rings. The number of aromatic nitrogens is 1. The summed E-state index contributed by atoms with van der Waals surface area (Å²) in [5.74, 6) is -2.35. The van der Waals surface area contributed by atoms with Crippen LogP contribution in [0.25, 0.3) is 10.8 Å². The number of aliphatic hydroxyl groups is 1. The van der Waals surface area contributed by atoms with E-state index in [2.05, 4.69) is 10.3 Å². The number of carboxylic acids is 1. The van der Waals surface area contributed by atoms with E-state index >= 15 is 0 Å². The van der Waals surface area contributed by atoms with E-state index in [0.29, 0.717) is 29.0 Å². The van der Waals surface area contributed by atoms with Crippen LogP contribution in [0.1, 0.15) is 19.4 Å². The Morgan fingerprint density at radius 2 is 1.74 bits per heavy atom. The second kappa shape index (κ2) is 11.6. The standard InChI is InChI=1S/C36H40N6O7S/c1-22-26(34(36(46)47)40-33(22)31(23(2)43)35(40)45)20-39-27-7-5-6-25-24(9-10-28(32(25)27)50(39,48)49)11-13-41-14-17-42(18-15-41,19-16-41)21-30(44)38-29-8-3-4-12-37-29/h3-10,12,22-23,31,33,43H,11,13-21H2,1-2H3/p+2/t22-,23+,31+,33+,41?,42?/m0/s1. The molecule has 9 rings (SSSR count). The smallest absolute Gasteiger partial charge is 0.352 e. The van der Waals surface area contributed by atoms with Crippen molar-refractivity contribution in [2.24, 2.45) is 11.8 Å². The van der Waals surface area contributed by atoms with Crippen molar-refractivity contribution in [3.8, 4) is 0 Å². The molecule has 3 aromatic rings. The number of quaternary nitrogens is 2. The first-order chi connectivity index (χ1) is 23.8. The highest BCUT2D eigenvalue weighted by Crippen LogP contribution is 2.50. The number of hydrogen-bond donors (Lipinski definition) is 3. The normalized spacial score (nSPS) is 29.7. The number of nitrogens with zero attached hydrogens (tertiary/aromatic N) is 5. The predicted octanol–water partition coefficient (Wildman–Crippen LogP) is 1.78. The topological polar surface area (TPSA) is 157 Å². The first-order valence-corrected chi connectivity index (χ1v) is 18.7. The van der Waals surface area contributed by atoms with E-state index in [-0.39, 0.29) is 23.0 Å². The zero-order valence-electron chi connectivity index (χ0n) is 28.2. The van der Waals surface area contributed by atoms with Crippen molar-refractivity contribution < 1.29 is 42.0 Å². The zero-order chi connectivity index (χ0) is 35.2. The summed E-state index contributed by atoms with van der Waals surface area (Å²) in [5.41, 5.74) is 1.75. The number of sulfonamides is 1. The van der Waals surface area contributed by atoms with Crippen LogP contribution in [0.5, 0.6) is 0 Å². The van der Waals surface area contributed by atoms with Crippen LogP contribution in [0.4, 0.5) is 11.5 Å². The summed E-state index contributed by atoms with van der Waals surface area (Å²) in [5, 5.41) is 24.8. The van der Waals surface area contributed by atoms with Gasteiger partial charge in [-0.1, -0.05) is 31.2 Å². The molecular formula is C36H42N6O7S+2. The van der Waals surface area contributed by atoms with Gasteiger partial charge in [0.2, 0.25) is 5.91 Å². The van der Waals surface area contributed by atoms with Gasteiger partial charge in [-0.15, -0.1) is 0 Å². The first kappa shape index (κ1) is 32.8. The van der Waals surface area contributed by atoms with E-state index in [1.165, 1.54) is 16.1 Å². The number of fused-ring (bicyclic) bond motifs is 4. The quantitative estimate of drug-likeness (QED) is 0.213. The molecule has 4 atom stereocenters. The van der Waals surface area contributed by atoms with Gasteiger partial charge in [0, 0.05) is 23.9 Å². The number of piperazine rings is 3. The van der Waals surface area contributed by atoms with E-state index in [9.17, 15) is 33.0 Å². The van der Waals surface area contributed by atoms with Crippen molar-refractivity contribution in [1.29, 1.82) is 0 Å². The molecule has 0 spiro atoms. The number of carbonyl (C=O) groups is 3. The van der Waals surface area contributed by atoms with Crippen LogP contribution < -0.4 is 9.62 Å². The number of aliphatic carboxylic acids is 1. The maximum Gasteiger partial charge on any atom is 0.352 e.